The molecule has 6 heteroatoms. The van der Waals surface area contributed by atoms with Crippen molar-refractivity contribution in [1.82, 2.24) is 5.32 Å². The van der Waals surface area contributed by atoms with Gasteiger partial charge in [0, 0.05) is 17.6 Å². The Kier molecular flexibility index (Phi) is 7.19. The Labute approximate surface area is 202 Å². The average molecular weight is 480 g/mol. The zero-order valence-electron chi connectivity index (χ0n) is 18.0. The highest BCUT2D eigenvalue weighted by molar-refractivity contribution is 6.33. The van der Waals surface area contributed by atoms with Crippen molar-refractivity contribution >= 4 is 39.9 Å². The second-order valence-electron chi connectivity index (χ2n) is 7.77. The molecular weight excluding hydrogens is 457 g/mol. The van der Waals surface area contributed by atoms with Crippen molar-refractivity contribution in [2.45, 2.75) is 13.0 Å². The van der Waals surface area contributed by atoms with Gasteiger partial charge in [-0.2, -0.15) is 0 Å². The maximum absolute atomic E-state index is 11.4. The largest absolute Gasteiger partial charge is 0.492 e. The Hall–Kier alpha value is -3.05. The molecule has 1 atom stereocenters. The first kappa shape index (κ1) is 23.1. The smallest absolute Gasteiger partial charge is 0.337 e. The van der Waals surface area contributed by atoms with E-state index in [0.29, 0.717) is 29.5 Å². The Bertz CT molecular complexity index is 1300. The van der Waals surface area contributed by atoms with Crippen molar-refractivity contribution in [3.05, 3.63) is 100 Å². The molecule has 4 nitrogen and oxygen atoms in total. The molecule has 33 heavy (non-hydrogen) atoms. The molecule has 0 bridgehead atoms. The zero-order chi connectivity index (χ0) is 23.4. The van der Waals surface area contributed by atoms with E-state index in [1.54, 1.807) is 24.3 Å². The predicted octanol–water partition coefficient (Wildman–Crippen LogP) is 7.24. The highest BCUT2D eigenvalue weighted by Crippen LogP contribution is 2.31. The topological polar surface area (TPSA) is 58.6 Å². The van der Waals surface area contributed by atoms with Crippen LogP contribution in [-0.2, 0) is 0 Å². The highest BCUT2D eigenvalue weighted by atomic mass is 35.5. The minimum atomic E-state index is -1.08. The quantitative estimate of drug-likeness (QED) is 0.261. The van der Waals surface area contributed by atoms with Crippen LogP contribution in [0.15, 0.2) is 78.9 Å². The summed E-state index contributed by atoms with van der Waals surface area (Å²) in [5, 5.41) is 16.0. The number of aromatic carboxylic acids is 1. The maximum Gasteiger partial charge on any atom is 0.337 e. The molecule has 0 saturated carbocycles. The van der Waals surface area contributed by atoms with Crippen molar-refractivity contribution in [3.8, 4) is 16.9 Å². The molecule has 0 fully saturated rings. The molecule has 4 rings (SSSR count). The summed E-state index contributed by atoms with van der Waals surface area (Å²) in [5.74, 6) is -0.462. The van der Waals surface area contributed by atoms with E-state index in [4.69, 9.17) is 27.9 Å². The van der Waals surface area contributed by atoms with Gasteiger partial charge in [-0.15, -0.1) is 0 Å². The lowest BCUT2D eigenvalue weighted by molar-refractivity contribution is 0.0697. The SMILES string of the molecule is CC(NCCOc1cc(Cl)cc(-c2ccc(Cl)c(C(=O)O)c2)c1)c1cccc2ccccc12. The van der Waals surface area contributed by atoms with E-state index in [-0.39, 0.29) is 16.6 Å². The summed E-state index contributed by atoms with van der Waals surface area (Å²) in [5.41, 5.74) is 2.75. The molecule has 4 aromatic carbocycles. The third kappa shape index (κ3) is 5.48. The van der Waals surface area contributed by atoms with Gasteiger partial charge in [0.15, 0.2) is 0 Å². The summed E-state index contributed by atoms with van der Waals surface area (Å²) < 4.78 is 5.93. The molecule has 0 aliphatic rings. The second kappa shape index (κ2) is 10.3. The lowest BCUT2D eigenvalue weighted by Gasteiger charge is -2.17. The van der Waals surface area contributed by atoms with Crippen molar-refractivity contribution < 1.29 is 14.6 Å². The number of carboxylic acid groups (broad SMARTS) is 1. The molecule has 0 spiro atoms. The summed E-state index contributed by atoms with van der Waals surface area (Å²) in [4.78, 5) is 11.4. The monoisotopic (exact) mass is 479 g/mol. The molecular formula is C27H23Cl2NO3. The van der Waals surface area contributed by atoms with Crippen molar-refractivity contribution in [3.63, 3.8) is 0 Å². The van der Waals surface area contributed by atoms with Crippen LogP contribution in [0.25, 0.3) is 21.9 Å². The van der Waals surface area contributed by atoms with Crippen LogP contribution in [0.3, 0.4) is 0 Å². The number of rotatable bonds is 8. The number of benzene rings is 4. The summed E-state index contributed by atoms with van der Waals surface area (Å²) in [6, 6.07) is 25.1. The van der Waals surface area contributed by atoms with E-state index < -0.39 is 5.97 Å². The average Bonchev–Trinajstić information content (AvgIpc) is 2.81. The van der Waals surface area contributed by atoms with E-state index in [1.165, 1.54) is 22.4 Å². The van der Waals surface area contributed by atoms with E-state index in [1.807, 2.05) is 12.1 Å². The molecule has 0 aliphatic heterocycles. The number of hydrogen-bond donors (Lipinski definition) is 2. The first-order valence-electron chi connectivity index (χ1n) is 10.6. The number of fused-ring (bicyclic) bond motifs is 1. The van der Waals surface area contributed by atoms with Crippen molar-refractivity contribution in [2.24, 2.45) is 0 Å². The summed E-state index contributed by atoms with van der Waals surface area (Å²) in [6.45, 7) is 3.24. The van der Waals surface area contributed by atoms with Gasteiger partial charge in [-0.05, 0) is 64.7 Å². The van der Waals surface area contributed by atoms with Gasteiger partial charge in [0.05, 0.1) is 10.6 Å². The third-order valence-electron chi connectivity index (χ3n) is 5.51. The van der Waals surface area contributed by atoms with Crippen LogP contribution in [0.4, 0.5) is 0 Å². The van der Waals surface area contributed by atoms with Gasteiger partial charge < -0.3 is 15.2 Å². The van der Waals surface area contributed by atoms with Crippen LogP contribution in [0.2, 0.25) is 10.0 Å². The maximum atomic E-state index is 11.4. The molecule has 1 unspecified atom stereocenters. The Morgan fingerprint density at radius 3 is 2.58 bits per heavy atom. The first-order chi connectivity index (χ1) is 15.9. The predicted molar refractivity (Wildman–Crippen MR) is 135 cm³/mol. The fourth-order valence-electron chi connectivity index (χ4n) is 3.86. The van der Waals surface area contributed by atoms with Crippen LogP contribution in [0.1, 0.15) is 28.9 Å². The van der Waals surface area contributed by atoms with Crippen LogP contribution < -0.4 is 10.1 Å². The lowest BCUT2D eigenvalue weighted by Crippen LogP contribution is -2.24. The molecule has 168 valence electrons. The number of carboxylic acids is 1. The molecule has 0 aliphatic carbocycles. The minimum absolute atomic E-state index is 0.0447. The molecule has 0 radical (unpaired) electrons. The summed E-state index contributed by atoms with van der Waals surface area (Å²) >= 11 is 12.3. The summed E-state index contributed by atoms with van der Waals surface area (Å²) in [7, 11) is 0. The normalized spacial score (nSPS) is 12.0. The number of halogens is 2. The van der Waals surface area contributed by atoms with Crippen LogP contribution in [-0.4, -0.2) is 24.2 Å². The molecule has 0 amide bonds. The van der Waals surface area contributed by atoms with E-state index in [2.05, 4.69) is 48.6 Å². The van der Waals surface area contributed by atoms with Gasteiger partial charge in [-0.1, -0.05) is 71.7 Å². The summed E-state index contributed by atoms with van der Waals surface area (Å²) in [6.07, 6.45) is 0. The van der Waals surface area contributed by atoms with Crippen molar-refractivity contribution in [1.29, 1.82) is 0 Å². The van der Waals surface area contributed by atoms with Crippen LogP contribution >= 0.6 is 23.2 Å². The van der Waals surface area contributed by atoms with Crippen molar-refractivity contribution in [2.75, 3.05) is 13.2 Å². The fourth-order valence-corrected chi connectivity index (χ4v) is 4.29. The van der Waals surface area contributed by atoms with Gasteiger partial charge in [-0.25, -0.2) is 4.79 Å². The van der Waals surface area contributed by atoms with E-state index in [0.717, 1.165) is 5.56 Å². The van der Waals surface area contributed by atoms with Gasteiger partial charge in [0.2, 0.25) is 0 Å². The van der Waals surface area contributed by atoms with Crippen LogP contribution in [0.5, 0.6) is 5.75 Å². The molecule has 4 aromatic rings. The standard InChI is InChI=1S/C27H23Cl2NO3/c1-17(23-8-4-6-18-5-2-3-7-24(18)23)30-11-12-33-22-14-20(13-21(28)16-22)19-9-10-26(29)25(15-19)27(31)32/h2-10,13-17,30H,11-12H2,1H3,(H,31,32). The first-order valence-corrected chi connectivity index (χ1v) is 11.4. The van der Waals surface area contributed by atoms with Gasteiger partial charge in [0.25, 0.3) is 0 Å². The van der Waals surface area contributed by atoms with Gasteiger partial charge in [-0.3, -0.25) is 0 Å². The second-order valence-corrected chi connectivity index (χ2v) is 8.61. The number of ether oxygens (including phenoxy) is 1. The Morgan fingerprint density at radius 1 is 0.970 bits per heavy atom. The fraction of sp³-hybridized carbons (Fsp3) is 0.148. The van der Waals surface area contributed by atoms with Gasteiger partial charge >= 0.3 is 5.97 Å². The number of hydrogen-bond acceptors (Lipinski definition) is 3. The molecule has 2 N–H and O–H groups in total. The van der Waals surface area contributed by atoms with E-state index >= 15 is 0 Å². The molecule has 0 heterocycles. The Morgan fingerprint density at radius 2 is 1.76 bits per heavy atom. The number of nitrogens with one attached hydrogen (secondary N) is 1. The minimum Gasteiger partial charge on any atom is -0.492 e. The third-order valence-corrected chi connectivity index (χ3v) is 6.06. The highest BCUT2D eigenvalue weighted by Gasteiger charge is 2.12. The Balaban J connectivity index is 1.42. The van der Waals surface area contributed by atoms with Crippen LogP contribution in [0, 0.1) is 0 Å². The van der Waals surface area contributed by atoms with E-state index in [9.17, 15) is 9.90 Å². The zero-order valence-corrected chi connectivity index (χ0v) is 19.5. The molecule has 0 aromatic heterocycles. The lowest BCUT2D eigenvalue weighted by atomic mass is 10.00. The molecule has 0 saturated heterocycles. The van der Waals surface area contributed by atoms with Gasteiger partial charge in [0.1, 0.15) is 12.4 Å². The number of carbonyl (C=O) groups is 1.